The molecule has 0 aliphatic heterocycles. The molecule has 0 fully saturated rings. The van der Waals surface area contributed by atoms with Gasteiger partial charge in [0.2, 0.25) is 0 Å². The molecule has 0 spiro atoms. The summed E-state index contributed by atoms with van der Waals surface area (Å²) in [7, 11) is 0. The maximum Gasteiger partial charge on any atom is 0.335 e. The average molecular weight is 437 g/mol. The van der Waals surface area contributed by atoms with Crippen molar-refractivity contribution in [2.75, 3.05) is 0 Å². The van der Waals surface area contributed by atoms with E-state index in [0.717, 1.165) is 27.5 Å². The summed E-state index contributed by atoms with van der Waals surface area (Å²) in [6.07, 6.45) is 0.373. The van der Waals surface area contributed by atoms with E-state index in [1.165, 1.54) is 5.56 Å². The molecular formula is C30H28O3. The Morgan fingerprint density at radius 2 is 1.27 bits per heavy atom. The van der Waals surface area contributed by atoms with E-state index in [1.54, 1.807) is 6.07 Å². The second-order valence-electron chi connectivity index (χ2n) is 9.58. The molecule has 0 amide bonds. The van der Waals surface area contributed by atoms with E-state index in [2.05, 4.69) is 45.0 Å². The first-order valence-corrected chi connectivity index (χ1v) is 11.2. The zero-order valence-electron chi connectivity index (χ0n) is 19.3. The van der Waals surface area contributed by atoms with Crippen LogP contribution in [0.3, 0.4) is 0 Å². The highest BCUT2D eigenvalue weighted by Gasteiger charge is 2.16. The normalized spacial score (nSPS) is 11.5. The molecule has 0 heterocycles. The van der Waals surface area contributed by atoms with Crippen LogP contribution in [0.25, 0.3) is 21.9 Å². The summed E-state index contributed by atoms with van der Waals surface area (Å²) in [6, 6.07) is 27.7. The number of rotatable bonds is 6. The maximum atomic E-state index is 12.8. The molecule has 0 unspecified atom stereocenters. The number of carbonyl (C=O) groups is 2. The molecule has 0 saturated heterocycles. The highest BCUT2D eigenvalue weighted by molar-refractivity contribution is 5.98. The van der Waals surface area contributed by atoms with E-state index in [0.29, 0.717) is 5.56 Å². The van der Waals surface area contributed by atoms with E-state index in [-0.39, 0.29) is 29.6 Å². The minimum absolute atomic E-state index is 0.00457. The number of ketones is 1. The van der Waals surface area contributed by atoms with Gasteiger partial charge >= 0.3 is 5.97 Å². The van der Waals surface area contributed by atoms with Gasteiger partial charge in [0, 0.05) is 12.8 Å². The fourth-order valence-corrected chi connectivity index (χ4v) is 4.11. The molecule has 4 aromatic carbocycles. The maximum absolute atomic E-state index is 12.8. The van der Waals surface area contributed by atoms with Gasteiger partial charge in [-0.2, -0.15) is 0 Å². The zero-order valence-corrected chi connectivity index (χ0v) is 19.3. The van der Waals surface area contributed by atoms with Crippen LogP contribution < -0.4 is 0 Å². The Morgan fingerprint density at radius 3 is 1.82 bits per heavy atom. The summed E-state index contributed by atoms with van der Waals surface area (Å²) in [4.78, 5) is 24.5. The predicted molar refractivity (Wildman–Crippen MR) is 134 cm³/mol. The molecule has 3 heteroatoms. The van der Waals surface area contributed by atoms with E-state index >= 15 is 0 Å². The second-order valence-corrected chi connectivity index (χ2v) is 9.58. The molecule has 3 nitrogen and oxygen atoms in total. The molecule has 33 heavy (non-hydrogen) atoms. The molecule has 0 aromatic heterocycles. The topological polar surface area (TPSA) is 54.4 Å². The lowest BCUT2D eigenvalue weighted by atomic mass is 9.86. The van der Waals surface area contributed by atoms with Gasteiger partial charge in [0.25, 0.3) is 0 Å². The van der Waals surface area contributed by atoms with Crippen molar-refractivity contribution < 1.29 is 14.7 Å². The van der Waals surface area contributed by atoms with Gasteiger partial charge in [-0.3, -0.25) is 4.79 Å². The molecule has 166 valence electrons. The van der Waals surface area contributed by atoms with E-state index in [9.17, 15) is 14.7 Å². The third-order valence-electron chi connectivity index (χ3n) is 6.03. The van der Waals surface area contributed by atoms with Crippen molar-refractivity contribution >= 4 is 22.5 Å². The molecule has 0 saturated carbocycles. The summed E-state index contributed by atoms with van der Waals surface area (Å²) in [6.45, 7) is 6.60. The van der Waals surface area contributed by atoms with Gasteiger partial charge < -0.3 is 5.11 Å². The number of carbonyl (C=O) groups excluding carboxylic acids is 1. The standard InChI is InChI=1S/C30H28O3/c1-30(2,3)26-14-12-22(13-15-26)21-10-8-20(9-11-21)16-27(31)18-25-17-23-6-4-5-7-24(23)19-28(25)29(32)33/h4-15,17,19H,16,18H2,1-3H3,(H,32,33). The monoisotopic (exact) mass is 436 g/mol. The van der Waals surface area contributed by atoms with Crippen molar-refractivity contribution in [3.8, 4) is 11.1 Å². The first-order valence-electron chi connectivity index (χ1n) is 11.2. The van der Waals surface area contributed by atoms with Gasteiger partial charge in [-0.05, 0) is 56.1 Å². The highest BCUT2D eigenvalue weighted by Crippen LogP contribution is 2.27. The molecule has 0 aliphatic carbocycles. The summed E-state index contributed by atoms with van der Waals surface area (Å²) in [5, 5.41) is 11.4. The quantitative estimate of drug-likeness (QED) is 0.359. The Hall–Kier alpha value is -3.72. The van der Waals surface area contributed by atoms with Crippen molar-refractivity contribution in [1.29, 1.82) is 0 Å². The lowest BCUT2D eigenvalue weighted by Crippen LogP contribution is -2.11. The van der Waals surface area contributed by atoms with Crippen LogP contribution in [-0.2, 0) is 23.1 Å². The zero-order chi connectivity index (χ0) is 23.6. The van der Waals surface area contributed by atoms with Crippen LogP contribution >= 0.6 is 0 Å². The first kappa shape index (κ1) is 22.5. The van der Waals surface area contributed by atoms with Crippen molar-refractivity contribution in [1.82, 2.24) is 0 Å². The van der Waals surface area contributed by atoms with Gasteiger partial charge in [-0.25, -0.2) is 4.79 Å². The lowest BCUT2D eigenvalue weighted by Gasteiger charge is -2.19. The Kier molecular flexibility index (Phi) is 6.15. The van der Waals surface area contributed by atoms with Gasteiger partial charge in [0.1, 0.15) is 5.78 Å². The molecule has 0 aliphatic rings. The number of Topliss-reactive ketones (excluding diaryl/α,β-unsaturated/α-hetero) is 1. The largest absolute Gasteiger partial charge is 0.478 e. The van der Waals surface area contributed by atoms with Crippen molar-refractivity contribution in [3.05, 3.63) is 107 Å². The van der Waals surface area contributed by atoms with Crippen LogP contribution in [-0.4, -0.2) is 16.9 Å². The average Bonchev–Trinajstić information content (AvgIpc) is 2.78. The van der Waals surface area contributed by atoms with Crippen LogP contribution in [0.5, 0.6) is 0 Å². The molecule has 4 aromatic rings. The van der Waals surface area contributed by atoms with Crippen LogP contribution in [0.4, 0.5) is 0 Å². The van der Waals surface area contributed by atoms with Crippen molar-refractivity contribution in [3.63, 3.8) is 0 Å². The van der Waals surface area contributed by atoms with E-state index in [1.807, 2.05) is 54.6 Å². The molecular weight excluding hydrogens is 408 g/mol. The number of fused-ring (bicyclic) bond motifs is 1. The van der Waals surface area contributed by atoms with Gasteiger partial charge in [0.05, 0.1) is 5.56 Å². The van der Waals surface area contributed by atoms with E-state index < -0.39 is 5.97 Å². The smallest absolute Gasteiger partial charge is 0.335 e. The molecule has 0 atom stereocenters. The molecule has 0 radical (unpaired) electrons. The Labute approximate surface area is 194 Å². The minimum Gasteiger partial charge on any atom is -0.478 e. The third kappa shape index (κ3) is 5.20. The van der Waals surface area contributed by atoms with Crippen LogP contribution in [0.2, 0.25) is 0 Å². The number of hydrogen-bond acceptors (Lipinski definition) is 2. The van der Waals surface area contributed by atoms with Crippen LogP contribution in [0.1, 0.15) is 47.8 Å². The van der Waals surface area contributed by atoms with Gasteiger partial charge in [-0.15, -0.1) is 0 Å². The van der Waals surface area contributed by atoms with Crippen LogP contribution in [0.15, 0.2) is 84.9 Å². The fourth-order valence-electron chi connectivity index (χ4n) is 4.11. The van der Waals surface area contributed by atoms with E-state index in [4.69, 9.17) is 0 Å². The van der Waals surface area contributed by atoms with Gasteiger partial charge in [-0.1, -0.05) is 93.6 Å². The second kappa shape index (κ2) is 9.03. The number of carboxylic acid groups (broad SMARTS) is 1. The summed E-state index contributed by atoms with van der Waals surface area (Å²) in [5.74, 6) is -1.01. The molecule has 4 rings (SSSR count). The lowest BCUT2D eigenvalue weighted by molar-refractivity contribution is -0.117. The van der Waals surface area contributed by atoms with Crippen molar-refractivity contribution in [2.24, 2.45) is 0 Å². The Bertz CT molecular complexity index is 1310. The third-order valence-corrected chi connectivity index (χ3v) is 6.03. The summed E-state index contributed by atoms with van der Waals surface area (Å²) >= 11 is 0. The Morgan fingerprint density at radius 1 is 0.727 bits per heavy atom. The summed E-state index contributed by atoms with van der Waals surface area (Å²) < 4.78 is 0. The number of benzene rings is 4. The number of carboxylic acids is 1. The minimum atomic E-state index is -1.01. The van der Waals surface area contributed by atoms with Crippen LogP contribution in [0, 0.1) is 0 Å². The predicted octanol–water partition coefficient (Wildman–Crippen LogP) is 6.86. The summed E-state index contributed by atoms with van der Waals surface area (Å²) in [5.41, 5.74) is 5.33. The highest BCUT2D eigenvalue weighted by atomic mass is 16.4. The first-order chi connectivity index (χ1) is 15.7. The number of hydrogen-bond donors (Lipinski definition) is 1. The molecule has 1 N–H and O–H groups in total. The van der Waals surface area contributed by atoms with Crippen molar-refractivity contribution in [2.45, 2.75) is 39.0 Å². The SMILES string of the molecule is CC(C)(C)c1ccc(-c2ccc(CC(=O)Cc3cc4ccccc4cc3C(=O)O)cc2)cc1. The van der Waals surface area contributed by atoms with Gasteiger partial charge in [0.15, 0.2) is 0 Å². The fraction of sp³-hybridized carbons (Fsp3) is 0.200. The number of aromatic carboxylic acids is 1. The molecule has 0 bridgehead atoms. The Balaban J connectivity index is 1.48.